The van der Waals surface area contributed by atoms with Gasteiger partial charge in [-0.1, -0.05) is 12.1 Å². The van der Waals surface area contributed by atoms with Gasteiger partial charge in [-0.15, -0.1) is 0 Å². The van der Waals surface area contributed by atoms with Crippen molar-refractivity contribution in [1.82, 2.24) is 18.9 Å². The monoisotopic (exact) mass is 492 g/mol. The van der Waals surface area contributed by atoms with Crippen LogP contribution in [0.3, 0.4) is 0 Å². The fourth-order valence-corrected chi connectivity index (χ4v) is 5.16. The van der Waals surface area contributed by atoms with Crippen LogP contribution in [0.4, 0.5) is 4.39 Å². The van der Waals surface area contributed by atoms with Crippen LogP contribution in [0.5, 0.6) is 0 Å². The highest BCUT2D eigenvalue weighted by atomic mass is 32.2. The summed E-state index contributed by atoms with van der Waals surface area (Å²) in [6.07, 6.45) is 2.45. The third kappa shape index (κ3) is 4.95. The summed E-state index contributed by atoms with van der Waals surface area (Å²) in [5.41, 5.74) is 1.10. The molecule has 1 unspecified atom stereocenters. The first kappa shape index (κ1) is 24.2. The molecule has 2 aromatic heterocycles. The number of fused-ring (bicyclic) bond motifs is 1. The summed E-state index contributed by atoms with van der Waals surface area (Å²) in [4.78, 5) is 16.3. The Morgan fingerprint density at radius 1 is 1.26 bits per heavy atom. The lowest BCUT2D eigenvalue weighted by Gasteiger charge is -2.27. The molecular formula is C22H25FN4O6S. The molecular weight excluding hydrogens is 467 g/mol. The van der Waals surface area contributed by atoms with Gasteiger partial charge in [-0.3, -0.25) is 10.0 Å². The van der Waals surface area contributed by atoms with Crippen LogP contribution in [-0.2, 0) is 26.0 Å². The van der Waals surface area contributed by atoms with E-state index in [4.69, 9.17) is 9.47 Å². The zero-order valence-electron chi connectivity index (χ0n) is 18.7. The molecule has 34 heavy (non-hydrogen) atoms. The second-order valence-electron chi connectivity index (χ2n) is 8.02. The highest BCUT2D eigenvalue weighted by Gasteiger charge is 2.30. The second kappa shape index (κ2) is 9.76. The molecule has 0 radical (unpaired) electrons. The van der Waals surface area contributed by atoms with Crippen molar-refractivity contribution in [3.63, 3.8) is 0 Å². The zero-order valence-corrected chi connectivity index (χ0v) is 19.5. The van der Waals surface area contributed by atoms with Crippen molar-refractivity contribution < 1.29 is 32.3 Å². The van der Waals surface area contributed by atoms with Gasteiger partial charge >= 0.3 is 0 Å². The normalized spacial score (nSPS) is 16.8. The largest absolute Gasteiger partial charge is 0.376 e. The van der Waals surface area contributed by atoms with Gasteiger partial charge in [0, 0.05) is 38.8 Å². The zero-order chi connectivity index (χ0) is 24.5. The fourth-order valence-electron chi connectivity index (χ4n) is 3.76. The van der Waals surface area contributed by atoms with Crippen molar-refractivity contribution >= 4 is 26.8 Å². The van der Waals surface area contributed by atoms with Gasteiger partial charge in [0.05, 0.1) is 37.6 Å². The van der Waals surface area contributed by atoms with E-state index >= 15 is 0 Å². The highest BCUT2D eigenvalue weighted by Crippen LogP contribution is 2.29. The summed E-state index contributed by atoms with van der Waals surface area (Å²) >= 11 is 0. The molecule has 1 atom stereocenters. The average molecular weight is 493 g/mol. The number of hydrogen-bond donors (Lipinski definition) is 1. The smallest absolute Gasteiger partial charge is 0.295 e. The summed E-state index contributed by atoms with van der Waals surface area (Å²) in [6, 6.07) is 7.20. The number of ether oxygens (including phenoxy) is 2. The van der Waals surface area contributed by atoms with E-state index < -0.39 is 22.0 Å². The SMILES string of the molecule is CN(O)C(=O)c1cc2c(S(=O)(=O)N(C)CC3COCCO3)cn(Cc3ccc(F)cc3)c2cn1. The van der Waals surface area contributed by atoms with Crippen molar-refractivity contribution in [1.29, 1.82) is 0 Å². The van der Waals surface area contributed by atoms with Gasteiger partial charge in [0.1, 0.15) is 16.4 Å². The molecule has 1 aromatic carbocycles. The summed E-state index contributed by atoms with van der Waals surface area (Å²) in [7, 11) is -1.40. The van der Waals surface area contributed by atoms with Crippen molar-refractivity contribution in [2.45, 2.75) is 17.5 Å². The minimum atomic E-state index is -4.00. The molecule has 0 saturated carbocycles. The maximum atomic E-state index is 13.5. The Labute approximate surface area is 196 Å². The van der Waals surface area contributed by atoms with Crippen LogP contribution in [0.25, 0.3) is 10.9 Å². The quantitative estimate of drug-likeness (QED) is 0.395. The van der Waals surface area contributed by atoms with Gasteiger partial charge in [-0.2, -0.15) is 4.31 Å². The summed E-state index contributed by atoms with van der Waals surface area (Å²) in [5.74, 6) is -1.16. The molecule has 12 heteroatoms. The number of carbonyl (C=O) groups excluding carboxylic acids is 1. The van der Waals surface area contributed by atoms with Crippen molar-refractivity contribution in [2.75, 3.05) is 40.5 Å². The number of nitrogens with zero attached hydrogens (tertiary/aromatic N) is 4. The molecule has 0 bridgehead atoms. The standard InChI is InChI=1S/C22H25FN4O6S/c1-25(12-17-14-32-7-8-33-17)34(30,31)21-13-27(11-15-3-5-16(23)6-4-15)20-10-24-19(9-18(20)21)22(28)26(2)29/h3-6,9-10,13,17,29H,7-8,11-12,14H2,1-2H3. The van der Waals surface area contributed by atoms with Crippen LogP contribution in [0, 0.1) is 5.82 Å². The molecule has 4 rings (SSSR count). The van der Waals surface area contributed by atoms with E-state index in [1.807, 2.05) is 0 Å². The number of likely N-dealkylation sites (N-methyl/N-ethyl adjacent to an activating group) is 1. The molecule has 10 nitrogen and oxygen atoms in total. The summed E-state index contributed by atoms with van der Waals surface area (Å²) in [6.45, 7) is 1.49. The van der Waals surface area contributed by atoms with Gasteiger partial charge in [0.15, 0.2) is 0 Å². The Hall–Kier alpha value is -2.90. The number of hydrogen-bond acceptors (Lipinski definition) is 7. The predicted octanol–water partition coefficient (Wildman–Crippen LogP) is 1.72. The number of rotatable bonds is 7. The first-order valence-corrected chi connectivity index (χ1v) is 12.0. The number of aromatic nitrogens is 2. The van der Waals surface area contributed by atoms with Crippen molar-refractivity contribution in [2.24, 2.45) is 0 Å². The maximum Gasteiger partial charge on any atom is 0.295 e. The molecule has 1 N–H and O–H groups in total. The van der Waals surface area contributed by atoms with Gasteiger partial charge < -0.3 is 14.0 Å². The lowest BCUT2D eigenvalue weighted by Crippen LogP contribution is -2.40. The van der Waals surface area contributed by atoms with Crippen LogP contribution < -0.4 is 0 Å². The molecule has 1 aliphatic rings. The maximum absolute atomic E-state index is 13.5. The van der Waals surface area contributed by atoms with Crippen molar-refractivity contribution in [3.8, 4) is 0 Å². The Kier molecular flexibility index (Phi) is 6.96. The van der Waals surface area contributed by atoms with Crippen LogP contribution in [0.15, 0.2) is 47.6 Å². The number of pyridine rings is 1. The topological polar surface area (TPSA) is 114 Å². The molecule has 0 spiro atoms. The Morgan fingerprint density at radius 3 is 2.65 bits per heavy atom. The molecule has 1 amide bonds. The van der Waals surface area contributed by atoms with Gasteiger partial charge in [0.25, 0.3) is 5.91 Å². The minimum absolute atomic E-state index is 0.0270. The molecule has 3 heterocycles. The van der Waals surface area contributed by atoms with E-state index in [0.29, 0.717) is 23.8 Å². The van der Waals surface area contributed by atoms with Gasteiger partial charge in [-0.25, -0.2) is 22.9 Å². The van der Waals surface area contributed by atoms with E-state index in [1.54, 1.807) is 16.7 Å². The number of hydroxylamine groups is 2. The van der Waals surface area contributed by atoms with Crippen molar-refractivity contribution in [3.05, 3.63) is 59.8 Å². The van der Waals surface area contributed by atoms with E-state index in [1.165, 1.54) is 41.9 Å². The third-order valence-corrected chi connectivity index (χ3v) is 7.39. The predicted molar refractivity (Wildman–Crippen MR) is 119 cm³/mol. The fraction of sp³-hybridized carbons (Fsp3) is 0.364. The van der Waals surface area contributed by atoms with Crippen LogP contribution in [0.1, 0.15) is 16.1 Å². The lowest BCUT2D eigenvalue weighted by atomic mass is 10.2. The summed E-state index contributed by atoms with van der Waals surface area (Å²) < 4.78 is 54.2. The molecule has 3 aromatic rings. The molecule has 0 aliphatic carbocycles. The number of sulfonamides is 1. The van der Waals surface area contributed by atoms with Crippen LogP contribution in [-0.4, -0.2) is 85.0 Å². The highest BCUT2D eigenvalue weighted by molar-refractivity contribution is 7.89. The first-order chi connectivity index (χ1) is 16.2. The number of carbonyl (C=O) groups is 1. The van der Waals surface area contributed by atoms with E-state index in [9.17, 15) is 22.8 Å². The molecule has 182 valence electrons. The average Bonchev–Trinajstić information content (AvgIpc) is 3.19. The van der Waals surface area contributed by atoms with E-state index in [0.717, 1.165) is 12.6 Å². The molecule has 1 saturated heterocycles. The second-order valence-corrected chi connectivity index (χ2v) is 10.0. The van der Waals surface area contributed by atoms with E-state index in [-0.39, 0.29) is 41.5 Å². The van der Waals surface area contributed by atoms with Crippen LogP contribution >= 0.6 is 0 Å². The van der Waals surface area contributed by atoms with Crippen LogP contribution in [0.2, 0.25) is 0 Å². The summed E-state index contributed by atoms with van der Waals surface area (Å²) in [5, 5.41) is 10.2. The Morgan fingerprint density at radius 2 is 2.00 bits per heavy atom. The van der Waals surface area contributed by atoms with Gasteiger partial charge in [0.2, 0.25) is 10.0 Å². The van der Waals surface area contributed by atoms with E-state index in [2.05, 4.69) is 4.98 Å². The lowest BCUT2D eigenvalue weighted by molar-refractivity contribution is -0.0909. The number of benzene rings is 1. The minimum Gasteiger partial charge on any atom is -0.376 e. The molecule has 1 fully saturated rings. The Balaban J connectivity index is 1.77. The number of amides is 1. The molecule has 1 aliphatic heterocycles. The number of halogens is 1. The first-order valence-electron chi connectivity index (χ1n) is 10.5. The third-order valence-electron chi connectivity index (χ3n) is 5.54. The Bertz CT molecular complexity index is 1290. The van der Waals surface area contributed by atoms with Gasteiger partial charge in [-0.05, 0) is 23.8 Å².